The van der Waals surface area contributed by atoms with E-state index in [1.807, 2.05) is 32.0 Å². The van der Waals surface area contributed by atoms with Crippen molar-refractivity contribution in [3.63, 3.8) is 0 Å². The van der Waals surface area contributed by atoms with Crippen LogP contribution in [0.15, 0.2) is 41.7 Å². The second-order valence-corrected chi connectivity index (χ2v) is 7.45. The highest BCUT2D eigenvalue weighted by Crippen LogP contribution is 2.26. The highest BCUT2D eigenvalue weighted by atomic mass is 35.5. The Bertz CT molecular complexity index is 927. The van der Waals surface area contributed by atoms with E-state index < -0.39 is 5.25 Å². The molecule has 1 N–H and O–H groups in total. The van der Waals surface area contributed by atoms with Crippen molar-refractivity contribution in [1.82, 2.24) is 25.2 Å². The Morgan fingerprint density at radius 1 is 1.27 bits per heavy atom. The van der Waals surface area contributed by atoms with Crippen molar-refractivity contribution in [3.8, 4) is 5.69 Å². The number of tetrazole rings is 1. The lowest BCUT2D eigenvalue weighted by Crippen LogP contribution is -2.23. The van der Waals surface area contributed by atoms with Crippen molar-refractivity contribution in [2.24, 2.45) is 0 Å². The summed E-state index contributed by atoms with van der Waals surface area (Å²) in [5, 5.41) is 15.3. The molecule has 0 spiro atoms. The zero-order chi connectivity index (χ0) is 18.7. The number of hydrogen-bond acceptors (Lipinski definition) is 6. The Hall–Kier alpha value is -2.45. The van der Waals surface area contributed by atoms with E-state index in [4.69, 9.17) is 11.6 Å². The smallest absolute Gasteiger partial charge is 0.238 e. The normalized spacial score (nSPS) is 12.0. The molecule has 1 aromatic carbocycles. The number of thioether (sulfide) groups is 1. The lowest BCUT2D eigenvalue weighted by atomic mass is 10.1. The number of aryl methyl sites for hydroxylation is 1. The standard InChI is InChI=1S/C17H17ClN6OS/c1-10-5-4-6-14(11(10)2)24-17(21-22-23-24)26-12(3)16(25)20-15-8-7-13(18)9-19-15/h4-9,12H,1-3H3,(H,19,20,25). The molecule has 0 bridgehead atoms. The average molecular weight is 389 g/mol. The molecule has 0 radical (unpaired) electrons. The van der Waals surface area contributed by atoms with E-state index in [0.29, 0.717) is 16.0 Å². The molecule has 2 heterocycles. The van der Waals surface area contributed by atoms with Gasteiger partial charge in [0.1, 0.15) is 5.82 Å². The molecule has 3 rings (SSSR count). The summed E-state index contributed by atoms with van der Waals surface area (Å²) in [6.07, 6.45) is 1.48. The second-order valence-electron chi connectivity index (χ2n) is 5.70. The number of amides is 1. The zero-order valence-corrected chi connectivity index (χ0v) is 16.0. The first-order valence-electron chi connectivity index (χ1n) is 7.89. The molecule has 0 aliphatic rings. The van der Waals surface area contributed by atoms with Gasteiger partial charge in [-0.25, -0.2) is 4.98 Å². The Morgan fingerprint density at radius 2 is 2.08 bits per heavy atom. The summed E-state index contributed by atoms with van der Waals surface area (Å²) in [7, 11) is 0. The minimum absolute atomic E-state index is 0.194. The van der Waals surface area contributed by atoms with Crippen molar-refractivity contribution in [3.05, 3.63) is 52.7 Å². The number of nitrogens with one attached hydrogen (secondary N) is 1. The summed E-state index contributed by atoms with van der Waals surface area (Å²) in [5.74, 6) is 0.251. The van der Waals surface area contributed by atoms with Gasteiger partial charge in [-0.2, -0.15) is 4.68 Å². The van der Waals surface area contributed by atoms with Gasteiger partial charge in [0.05, 0.1) is 16.0 Å². The Morgan fingerprint density at radius 3 is 2.81 bits per heavy atom. The SMILES string of the molecule is Cc1cccc(-n2nnnc2SC(C)C(=O)Nc2ccc(Cl)cn2)c1C. The van der Waals surface area contributed by atoms with Crippen LogP contribution in [0.1, 0.15) is 18.1 Å². The Labute approximate surface area is 160 Å². The van der Waals surface area contributed by atoms with Gasteiger partial charge in [0.2, 0.25) is 11.1 Å². The number of anilines is 1. The van der Waals surface area contributed by atoms with Gasteiger partial charge in [-0.05, 0) is 60.5 Å². The fourth-order valence-electron chi connectivity index (χ4n) is 2.26. The summed E-state index contributed by atoms with van der Waals surface area (Å²) in [5.41, 5.74) is 3.13. The largest absolute Gasteiger partial charge is 0.310 e. The molecule has 0 saturated heterocycles. The minimum Gasteiger partial charge on any atom is -0.310 e. The lowest BCUT2D eigenvalue weighted by Gasteiger charge is -2.13. The Balaban J connectivity index is 1.75. The van der Waals surface area contributed by atoms with Crippen LogP contribution < -0.4 is 5.32 Å². The van der Waals surface area contributed by atoms with Crippen molar-refractivity contribution < 1.29 is 4.79 Å². The van der Waals surface area contributed by atoms with Crippen LogP contribution >= 0.6 is 23.4 Å². The Kier molecular flexibility index (Phi) is 5.53. The summed E-state index contributed by atoms with van der Waals surface area (Å²) >= 11 is 7.08. The third-order valence-corrected chi connectivity index (χ3v) is 5.13. The van der Waals surface area contributed by atoms with E-state index in [-0.39, 0.29) is 5.91 Å². The fraction of sp³-hybridized carbons (Fsp3) is 0.235. The number of carbonyl (C=O) groups is 1. The molecular formula is C17H17ClN6OS. The van der Waals surface area contributed by atoms with Crippen LogP contribution in [-0.2, 0) is 4.79 Å². The monoisotopic (exact) mass is 388 g/mol. The number of carbonyl (C=O) groups excluding carboxylic acids is 1. The molecule has 134 valence electrons. The number of benzene rings is 1. The zero-order valence-electron chi connectivity index (χ0n) is 14.5. The van der Waals surface area contributed by atoms with E-state index in [1.165, 1.54) is 18.0 Å². The van der Waals surface area contributed by atoms with Gasteiger partial charge in [0.15, 0.2) is 0 Å². The fourth-order valence-corrected chi connectivity index (χ4v) is 3.17. The van der Waals surface area contributed by atoms with Crippen LogP contribution in [0.25, 0.3) is 5.69 Å². The molecule has 1 unspecified atom stereocenters. The van der Waals surface area contributed by atoms with E-state index in [1.54, 1.807) is 23.7 Å². The molecule has 0 saturated carbocycles. The van der Waals surface area contributed by atoms with E-state index in [0.717, 1.165) is 16.8 Å². The molecule has 9 heteroatoms. The number of pyridine rings is 1. The predicted molar refractivity (Wildman–Crippen MR) is 102 cm³/mol. The molecule has 0 fully saturated rings. The topological polar surface area (TPSA) is 85.6 Å². The van der Waals surface area contributed by atoms with Crippen LogP contribution in [0, 0.1) is 13.8 Å². The molecule has 0 aliphatic carbocycles. The van der Waals surface area contributed by atoms with E-state index in [2.05, 4.69) is 25.8 Å². The van der Waals surface area contributed by atoms with Crippen LogP contribution in [0.4, 0.5) is 5.82 Å². The van der Waals surface area contributed by atoms with Crippen molar-refractivity contribution in [2.45, 2.75) is 31.2 Å². The van der Waals surface area contributed by atoms with Gasteiger partial charge in [-0.15, -0.1) is 5.10 Å². The van der Waals surface area contributed by atoms with Crippen LogP contribution in [0.3, 0.4) is 0 Å². The van der Waals surface area contributed by atoms with Crippen molar-refractivity contribution in [1.29, 1.82) is 0 Å². The van der Waals surface area contributed by atoms with E-state index in [9.17, 15) is 4.79 Å². The van der Waals surface area contributed by atoms with Crippen LogP contribution in [-0.4, -0.2) is 36.3 Å². The van der Waals surface area contributed by atoms with Crippen LogP contribution in [0.2, 0.25) is 5.02 Å². The second kappa shape index (κ2) is 7.84. The number of hydrogen-bond donors (Lipinski definition) is 1. The van der Waals surface area contributed by atoms with Crippen molar-refractivity contribution >= 4 is 35.1 Å². The first-order chi connectivity index (χ1) is 12.5. The van der Waals surface area contributed by atoms with Crippen LogP contribution in [0.5, 0.6) is 0 Å². The molecule has 1 amide bonds. The van der Waals surface area contributed by atoms with Gasteiger partial charge < -0.3 is 5.32 Å². The third-order valence-electron chi connectivity index (χ3n) is 3.88. The molecule has 0 aliphatic heterocycles. The quantitative estimate of drug-likeness (QED) is 0.674. The average Bonchev–Trinajstić information content (AvgIpc) is 3.07. The third kappa shape index (κ3) is 4.03. The molecule has 3 aromatic rings. The summed E-state index contributed by atoms with van der Waals surface area (Å²) < 4.78 is 1.65. The lowest BCUT2D eigenvalue weighted by molar-refractivity contribution is -0.115. The first-order valence-corrected chi connectivity index (χ1v) is 9.15. The molecular weight excluding hydrogens is 372 g/mol. The maximum Gasteiger partial charge on any atom is 0.238 e. The number of rotatable bonds is 5. The minimum atomic E-state index is -0.414. The molecule has 26 heavy (non-hydrogen) atoms. The molecule has 2 aromatic heterocycles. The summed E-state index contributed by atoms with van der Waals surface area (Å²) in [6, 6.07) is 9.26. The highest BCUT2D eigenvalue weighted by Gasteiger charge is 2.20. The van der Waals surface area contributed by atoms with Gasteiger partial charge in [-0.1, -0.05) is 35.5 Å². The molecule has 7 nitrogen and oxygen atoms in total. The van der Waals surface area contributed by atoms with Gasteiger partial charge in [0, 0.05) is 6.20 Å². The first kappa shape index (κ1) is 18.3. The number of nitrogens with zero attached hydrogens (tertiary/aromatic N) is 5. The van der Waals surface area contributed by atoms with Gasteiger partial charge >= 0.3 is 0 Å². The highest BCUT2D eigenvalue weighted by molar-refractivity contribution is 8.00. The maximum absolute atomic E-state index is 12.4. The van der Waals surface area contributed by atoms with Gasteiger partial charge in [0.25, 0.3) is 0 Å². The molecule has 1 atom stereocenters. The van der Waals surface area contributed by atoms with Crippen molar-refractivity contribution in [2.75, 3.05) is 5.32 Å². The predicted octanol–water partition coefficient (Wildman–Crippen LogP) is 3.45. The number of aromatic nitrogens is 5. The maximum atomic E-state index is 12.4. The van der Waals surface area contributed by atoms with E-state index >= 15 is 0 Å². The number of halogens is 1. The van der Waals surface area contributed by atoms with Gasteiger partial charge in [-0.3, -0.25) is 4.79 Å². The summed E-state index contributed by atoms with van der Waals surface area (Å²) in [4.78, 5) is 16.5. The summed E-state index contributed by atoms with van der Waals surface area (Å²) in [6.45, 7) is 5.84.